The summed E-state index contributed by atoms with van der Waals surface area (Å²) in [5.74, 6) is 1.08. The van der Waals surface area contributed by atoms with E-state index in [4.69, 9.17) is 16.6 Å². The van der Waals surface area contributed by atoms with E-state index >= 15 is 0 Å². The van der Waals surface area contributed by atoms with Gasteiger partial charge in [-0.15, -0.1) is 11.8 Å². The van der Waals surface area contributed by atoms with Crippen molar-refractivity contribution in [2.24, 2.45) is 0 Å². The molecule has 5 rings (SSSR count). The molecule has 122 valence electrons. The van der Waals surface area contributed by atoms with Crippen LogP contribution in [0.1, 0.15) is 18.4 Å². The Bertz CT molecular complexity index is 1070. The molecule has 25 heavy (non-hydrogen) atoms. The summed E-state index contributed by atoms with van der Waals surface area (Å²) in [4.78, 5) is 10.6. The predicted molar refractivity (Wildman–Crippen MR) is 105 cm³/mol. The zero-order valence-electron chi connectivity index (χ0n) is 13.6. The number of rotatable bonds is 1. The summed E-state index contributed by atoms with van der Waals surface area (Å²) in [6.45, 7) is 2.29. The molecule has 0 saturated heterocycles. The van der Waals surface area contributed by atoms with Crippen molar-refractivity contribution >= 4 is 34.3 Å². The molecular weight excluding hydrogens is 348 g/mol. The Balaban J connectivity index is 1.72. The van der Waals surface area contributed by atoms with Gasteiger partial charge in [-0.25, -0.2) is 9.97 Å². The summed E-state index contributed by atoms with van der Waals surface area (Å²) in [6, 6.07) is 14.3. The molecular formula is C21H15ClN2S. The highest BCUT2D eigenvalue weighted by atomic mass is 35.5. The molecule has 1 aliphatic heterocycles. The Morgan fingerprint density at radius 2 is 1.92 bits per heavy atom. The van der Waals surface area contributed by atoms with Crippen molar-refractivity contribution in [2.75, 3.05) is 0 Å². The van der Waals surface area contributed by atoms with Crippen molar-refractivity contribution in [3.63, 3.8) is 0 Å². The largest absolute Gasteiger partial charge is 0.228 e. The molecule has 1 aliphatic carbocycles. The lowest BCUT2D eigenvalue weighted by Gasteiger charge is -2.27. The van der Waals surface area contributed by atoms with Gasteiger partial charge in [0.15, 0.2) is 5.82 Å². The van der Waals surface area contributed by atoms with Gasteiger partial charge in [-0.05, 0) is 24.6 Å². The summed E-state index contributed by atoms with van der Waals surface area (Å²) in [5, 5.41) is 1.39. The van der Waals surface area contributed by atoms with Gasteiger partial charge in [0.1, 0.15) is 5.15 Å². The third-order valence-electron chi connectivity index (χ3n) is 4.96. The van der Waals surface area contributed by atoms with Gasteiger partial charge in [0, 0.05) is 26.5 Å². The fourth-order valence-corrected chi connectivity index (χ4v) is 5.44. The van der Waals surface area contributed by atoms with Crippen molar-refractivity contribution in [1.29, 1.82) is 0 Å². The topological polar surface area (TPSA) is 25.8 Å². The van der Waals surface area contributed by atoms with E-state index in [2.05, 4.69) is 54.4 Å². The highest BCUT2D eigenvalue weighted by Gasteiger charge is 2.42. The molecule has 2 nitrogen and oxygen atoms in total. The Hall–Kier alpha value is -2.10. The number of fused-ring (bicyclic) bond motifs is 4. The molecule has 0 radical (unpaired) electrons. The second-order valence-electron chi connectivity index (χ2n) is 6.59. The van der Waals surface area contributed by atoms with Crippen molar-refractivity contribution in [2.45, 2.75) is 22.5 Å². The lowest BCUT2D eigenvalue weighted by atomic mass is 9.83. The minimum absolute atomic E-state index is 0.0494. The van der Waals surface area contributed by atoms with Gasteiger partial charge in [0.25, 0.3) is 0 Å². The van der Waals surface area contributed by atoms with E-state index in [1.54, 1.807) is 0 Å². The maximum atomic E-state index is 6.43. The number of halogens is 1. The third kappa shape index (κ3) is 2.26. The lowest BCUT2D eigenvalue weighted by molar-refractivity contribution is 0.702. The standard InChI is InChI=1S/C21H15ClN2S/c1-21-12-5-4-10-16(21)13-8-6-9-15(18(13)25-21)20-23-17-11-3-2-7-14(17)19(22)24-20/h2-12,16H,1H3/t16?,21-/m1/s1. The molecule has 3 aromatic rings. The number of para-hydroxylation sites is 1. The molecule has 2 aromatic carbocycles. The van der Waals surface area contributed by atoms with Crippen LogP contribution in [-0.2, 0) is 0 Å². The van der Waals surface area contributed by atoms with Crippen LogP contribution in [0.5, 0.6) is 0 Å². The predicted octanol–water partition coefficient (Wildman–Crippen LogP) is 6.02. The quantitative estimate of drug-likeness (QED) is 0.495. The highest BCUT2D eigenvalue weighted by molar-refractivity contribution is 8.01. The van der Waals surface area contributed by atoms with Crippen LogP contribution in [-0.4, -0.2) is 14.7 Å². The van der Waals surface area contributed by atoms with Crippen LogP contribution in [0.3, 0.4) is 0 Å². The third-order valence-corrected chi connectivity index (χ3v) is 6.74. The molecule has 2 atom stereocenters. The van der Waals surface area contributed by atoms with Crippen LogP contribution in [0, 0.1) is 0 Å². The summed E-state index contributed by atoms with van der Waals surface area (Å²) < 4.78 is 0.0494. The maximum absolute atomic E-state index is 6.43. The Morgan fingerprint density at radius 3 is 2.84 bits per heavy atom. The van der Waals surface area contributed by atoms with Crippen LogP contribution in [0.25, 0.3) is 22.3 Å². The first kappa shape index (κ1) is 15.2. The van der Waals surface area contributed by atoms with E-state index in [1.165, 1.54) is 10.5 Å². The van der Waals surface area contributed by atoms with Gasteiger partial charge < -0.3 is 0 Å². The number of hydrogen-bond acceptors (Lipinski definition) is 3. The van der Waals surface area contributed by atoms with Crippen LogP contribution < -0.4 is 0 Å². The van der Waals surface area contributed by atoms with E-state index < -0.39 is 0 Å². The molecule has 1 aromatic heterocycles. The first-order chi connectivity index (χ1) is 12.2. The lowest BCUT2D eigenvalue weighted by Crippen LogP contribution is -2.22. The number of thioether (sulfide) groups is 1. The zero-order chi connectivity index (χ0) is 17.0. The first-order valence-electron chi connectivity index (χ1n) is 8.26. The SMILES string of the molecule is C[C@@]12C=CC=CC1c1cccc(-c3nc(Cl)c4ccccc4n3)c1S2. The molecule has 0 bridgehead atoms. The molecule has 0 spiro atoms. The molecule has 0 N–H and O–H groups in total. The second kappa shape index (κ2) is 5.45. The Labute approximate surface area is 155 Å². The fourth-order valence-electron chi connectivity index (χ4n) is 3.69. The average molecular weight is 363 g/mol. The van der Waals surface area contributed by atoms with Crippen molar-refractivity contribution in [1.82, 2.24) is 9.97 Å². The highest BCUT2D eigenvalue weighted by Crippen LogP contribution is 2.57. The van der Waals surface area contributed by atoms with Crippen LogP contribution in [0.2, 0.25) is 5.15 Å². The smallest absolute Gasteiger partial charge is 0.162 e. The zero-order valence-corrected chi connectivity index (χ0v) is 15.2. The second-order valence-corrected chi connectivity index (χ2v) is 8.44. The van der Waals surface area contributed by atoms with Crippen molar-refractivity contribution in [3.05, 3.63) is 77.5 Å². The monoisotopic (exact) mass is 362 g/mol. The molecule has 4 heteroatoms. The summed E-state index contributed by atoms with van der Waals surface area (Å²) in [7, 11) is 0. The molecule has 1 unspecified atom stereocenters. The van der Waals surface area contributed by atoms with E-state index in [0.29, 0.717) is 16.9 Å². The number of aromatic nitrogens is 2. The van der Waals surface area contributed by atoms with Crippen molar-refractivity contribution < 1.29 is 0 Å². The molecule has 2 heterocycles. The minimum atomic E-state index is 0.0494. The Morgan fingerprint density at radius 1 is 1.04 bits per heavy atom. The van der Waals surface area contributed by atoms with E-state index in [0.717, 1.165) is 16.5 Å². The van der Waals surface area contributed by atoms with Crippen molar-refractivity contribution in [3.8, 4) is 11.4 Å². The van der Waals surface area contributed by atoms with Gasteiger partial charge in [-0.2, -0.15) is 0 Å². The van der Waals surface area contributed by atoms with Gasteiger partial charge in [-0.3, -0.25) is 0 Å². The number of benzene rings is 2. The molecule has 0 amide bonds. The molecule has 0 saturated carbocycles. The normalized spacial score (nSPS) is 23.7. The summed E-state index contributed by atoms with van der Waals surface area (Å²) >= 11 is 8.33. The average Bonchev–Trinajstić information content (AvgIpc) is 2.93. The minimum Gasteiger partial charge on any atom is -0.228 e. The van der Waals surface area contributed by atoms with Gasteiger partial charge in [-0.1, -0.05) is 66.2 Å². The summed E-state index contributed by atoms with van der Waals surface area (Å²) in [6.07, 6.45) is 8.85. The van der Waals surface area contributed by atoms with Crippen LogP contribution in [0.4, 0.5) is 0 Å². The number of allylic oxidation sites excluding steroid dienone is 3. The van der Waals surface area contributed by atoms with E-state index in [-0.39, 0.29) is 4.75 Å². The summed E-state index contributed by atoms with van der Waals surface area (Å²) in [5.41, 5.74) is 3.28. The van der Waals surface area contributed by atoms with Crippen LogP contribution >= 0.6 is 23.4 Å². The van der Waals surface area contributed by atoms with Gasteiger partial charge in [0.2, 0.25) is 0 Å². The maximum Gasteiger partial charge on any atom is 0.162 e. The van der Waals surface area contributed by atoms with Gasteiger partial charge in [0.05, 0.1) is 5.52 Å². The van der Waals surface area contributed by atoms with E-state index in [1.807, 2.05) is 36.0 Å². The fraction of sp³-hybridized carbons (Fsp3) is 0.143. The van der Waals surface area contributed by atoms with Gasteiger partial charge >= 0.3 is 0 Å². The Kier molecular flexibility index (Phi) is 3.31. The van der Waals surface area contributed by atoms with E-state index in [9.17, 15) is 0 Å². The molecule has 2 aliphatic rings. The van der Waals surface area contributed by atoms with Crippen LogP contribution in [0.15, 0.2) is 71.7 Å². The molecule has 0 fully saturated rings. The first-order valence-corrected chi connectivity index (χ1v) is 9.46. The number of hydrogen-bond donors (Lipinski definition) is 0. The number of nitrogens with zero attached hydrogens (tertiary/aromatic N) is 2.